The van der Waals surface area contributed by atoms with E-state index in [9.17, 15) is 9.59 Å². The predicted molar refractivity (Wildman–Crippen MR) is 138 cm³/mol. The van der Waals surface area contributed by atoms with Gasteiger partial charge in [-0.05, 0) is 55.7 Å². The number of likely N-dealkylation sites (tertiary alicyclic amines) is 1. The van der Waals surface area contributed by atoms with Crippen LogP contribution in [0.2, 0.25) is 0 Å². The molecule has 3 N–H and O–H groups in total. The minimum Gasteiger partial charge on any atom is -0.496 e. The molecule has 2 aliphatic heterocycles. The molecule has 5 rings (SSSR count). The van der Waals surface area contributed by atoms with Crippen LogP contribution in [0.25, 0.3) is 11.1 Å². The van der Waals surface area contributed by atoms with Crippen LogP contribution in [0, 0.1) is 16.4 Å². The maximum absolute atomic E-state index is 13.6. The minimum absolute atomic E-state index is 0.0903. The molecule has 2 aliphatic rings. The van der Waals surface area contributed by atoms with Crippen molar-refractivity contribution in [1.82, 2.24) is 15.1 Å². The quantitative estimate of drug-likeness (QED) is 0.194. The number of aromatic nitrogens is 2. The number of ether oxygens (including phenoxy) is 1. The van der Waals surface area contributed by atoms with E-state index in [0.717, 1.165) is 34.6 Å². The van der Waals surface area contributed by atoms with Gasteiger partial charge in [-0.15, -0.1) is 0 Å². The van der Waals surface area contributed by atoms with Gasteiger partial charge in [-0.3, -0.25) is 20.1 Å². The molecular weight excluding hydrogens is 472 g/mol. The highest BCUT2D eigenvalue weighted by Gasteiger charge is 2.49. The number of H-pyrrole nitrogens is 1. The molecule has 0 radical (unpaired) electrons. The van der Waals surface area contributed by atoms with E-state index in [2.05, 4.69) is 15.4 Å². The number of carbonyl (C=O) groups is 2. The highest BCUT2D eigenvalue weighted by Crippen LogP contribution is 2.44. The highest BCUT2D eigenvalue weighted by molar-refractivity contribution is 6.01. The van der Waals surface area contributed by atoms with Crippen molar-refractivity contribution in [2.75, 3.05) is 36.7 Å². The third kappa shape index (κ3) is 4.32. The molecule has 0 saturated carbocycles. The van der Waals surface area contributed by atoms with Crippen molar-refractivity contribution in [3.05, 3.63) is 60.4 Å². The van der Waals surface area contributed by atoms with Crippen molar-refractivity contribution in [2.24, 2.45) is 10.6 Å². The zero-order valence-electron chi connectivity index (χ0n) is 20.5. The molecule has 2 saturated heterocycles. The van der Waals surface area contributed by atoms with Crippen LogP contribution in [0.1, 0.15) is 29.6 Å². The molecule has 190 valence electrons. The van der Waals surface area contributed by atoms with Gasteiger partial charge in [0.2, 0.25) is 5.91 Å². The van der Waals surface area contributed by atoms with E-state index in [1.807, 2.05) is 23.1 Å². The summed E-state index contributed by atoms with van der Waals surface area (Å²) in [6.07, 6.45) is 6.46. The van der Waals surface area contributed by atoms with E-state index in [4.69, 9.17) is 15.7 Å². The Hall–Kier alpha value is -4.54. The molecule has 11 nitrogen and oxygen atoms in total. The average molecular weight is 501 g/mol. The fourth-order valence-electron chi connectivity index (χ4n) is 5.25. The number of hydrogen-bond donors (Lipinski definition) is 3. The maximum Gasteiger partial charge on any atom is 0.253 e. The number of nitrogens with one attached hydrogen (secondary N) is 3. The Kier molecular flexibility index (Phi) is 6.43. The average Bonchev–Trinajstić information content (AvgIpc) is 3.59. The first-order valence-electron chi connectivity index (χ1n) is 12.1. The Labute approximate surface area is 214 Å². The first-order valence-corrected chi connectivity index (χ1v) is 12.1. The fourth-order valence-corrected chi connectivity index (χ4v) is 5.25. The van der Waals surface area contributed by atoms with Gasteiger partial charge in [-0.2, -0.15) is 10.6 Å². The van der Waals surface area contributed by atoms with Crippen molar-refractivity contribution in [3.63, 3.8) is 0 Å². The van der Waals surface area contributed by atoms with E-state index >= 15 is 0 Å². The second-order valence-corrected chi connectivity index (χ2v) is 9.27. The molecule has 3 aromatic rings. The largest absolute Gasteiger partial charge is 0.496 e. The lowest BCUT2D eigenvalue weighted by Gasteiger charge is -2.38. The number of anilines is 2. The summed E-state index contributed by atoms with van der Waals surface area (Å²) >= 11 is 0. The summed E-state index contributed by atoms with van der Waals surface area (Å²) in [5.74, 6) is 0.694. The summed E-state index contributed by atoms with van der Waals surface area (Å²) < 4.78 is 5.61. The Morgan fingerprint density at radius 1 is 1.16 bits per heavy atom. The number of amides is 2. The smallest absolute Gasteiger partial charge is 0.253 e. The third-order valence-corrected chi connectivity index (χ3v) is 7.44. The molecular formula is C26H28N8O3. The third-order valence-electron chi connectivity index (χ3n) is 7.44. The molecule has 37 heavy (non-hydrogen) atoms. The Morgan fingerprint density at radius 2 is 1.89 bits per heavy atom. The molecule has 1 aromatic heterocycles. The highest BCUT2D eigenvalue weighted by atomic mass is 16.5. The van der Waals surface area contributed by atoms with Gasteiger partial charge >= 0.3 is 0 Å². The van der Waals surface area contributed by atoms with Gasteiger partial charge in [0.1, 0.15) is 12.1 Å². The van der Waals surface area contributed by atoms with E-state index < -0.39 is 5.41 Å². The van der Waals surface area contributed by atoms with E-state index in [1.54, 1.807) is 48.7 Å². The van der Waals surface area contributed by atoms with Gasteiger partial charge in [-0.25, -0.2) is 5.01 Å². The minimum atomic E-state index is -0.461. The van der Waals surface area contributed by atoms with E-state index in [0.29, 0.717) is 49.5 Å². The summed E-state index contributed by atoms with van der Waals surface area (Å²) in [7, 11) is 1.62. The lowest BCUT2D eigenvalue weighted by atomic mass is 9.77. The maximum atomic E-state index is 13.6. The van der Waals surface area contributed by atoms with Crippen LogP contribution in [-0.4, -0.2) is 60.0 Å². The molecule has 3 heterocycles. The predicted octanol–water partition coefficient (Wildman–Crippen LogP) is 4.10. The van der Waals surface area contributed by atoms with Gasteiger partial charge in [0.05, 0.1) is 24.4 Å². The normalized spacial score (nSPS) is 16.6. The molecule has 2 amide bonds. The molecule has 0 bridgehead atoms. The summed E-state index contributed by atoms with van der Waals surface area (Å²) in [6, 6.07) is 12.5. The molecule has 0 unspecified atom stereocenters. The van der Waals surface area contributed by atoms with Crippen LogP contribution >= 0.6 is 0 Å². The van der Waals surface area contributed by atoms with Crippen LogP contribution in [0.4, 0.5) is 11.4 Å². The summed E-state index contributed by atoms with van der Waals surface area (Å²) in [4.78, 5) is 30.3. The molecule has 2 fully saturated rings. The first-order chi connectivity index (χ1) is 18.0. The number of aromatic amines is 1. The van der Waals surface area contributed by atoms with Gasteiger partial charge < -0.3 is 14.5 Å². The topological polar surface area (TPSA) is 142 Å². The lowest BCUT2D eigenvalue weighted by Crippen LogP contribution is -2.46. The van der Waals surface area contributed by atoms with Crippen LogP contribution in [0.15, 0.2) is 60.1 Å². The van der Waals surface area contributed by atoms with Gasteiger partial charge in [-0.1, -0.05) is 5.22 Å². The van der Waals surface area contributed by atoms with Crippen LogP contribution in [0.5, 0.6) is 5.75 Å². The summed E-state index contributed by atoms with van der Waals surface area (Å²) in [5, 5.41) is 18.4. The van der Waals surface area contributed by atoms with Crippen molar-refractivity contribution in [1.29, 1.82) is 10.9 Å². The number of benzene rings is 2. The molecule has 1 spiro atoms. The van der Waals surface area contributed by atoms with E-state index in [1.165, 1.54) is 0 Å². The summed E-state index contributed by atoms with van der Waals surface area (Å²) in [5.41, 5.74) is 10.3. The first kappa shape index (κ1) is 24.2. The fraction of sp³-hybridized carbons (Fsp3) is 0.308. The lowest BCUT2D eigenvalue weighted by molar-refractivity contribution is -0.127. The zero-order valence-corrected chi connectivity index (χ0v) is 20.5. The Morgan fingerprint density at radius 3 is 2.51 bits per heavy atom. The Bertz CT molecular complexity index is 1310. The summed E-state index contributed by atoms with van der Waals surface area (Å²) in [6.45, 7) is 1.65. The number of carbonyl (C=O) groups excluding carboxylic acids is 2. The number of nitrogens with zero attached hydrogens (tertiary/aromatic N) is 5. The van der Waals surface area contributed by atoms with Crippen LogP contribution in [-0.2, 0) is 4.79 Å². The number of rotatable bonds is 7. The van der Waals surface area contributed by atoms with Gasteiger partial charge in [0, 0.05) is 54.3 Å². The SMILES string of the molecule is COc1cc(N2CCC3(CCN(C(=O)c4ccc(N(C=N)N=N)cc4)CC3)C2=O)ccc1-c1cn[nH]c1. The standard InChI is InChI=1S/C26H28N8O3/c1-37-23-14-21(6-7-22(23)19-15-29-30-16-19)33-13-10-26(25(33)36)8-11-32(12-9-26)24(35)18-2-4-20(5-3-18)34(17-27)31-28/h2-7,14-17,27-28H,8-13H2,1H3,(H,29,30). The van der Waals surface area contributed by atoms with Crippen molar-refractivity contribution in [2.45, 2.75) is 19.3 Å². The van der Waals surface area contributed by atoms with Crippen LogP contribution < -0.4 is 14.6 Å². The van der Waals surface area contributed by atoms with E-state index in [-0.39, 0.29) is 11.8 Å². The van der Waals surface area contributed by atoms with Crippen molar-refractivity contribution < 1.29 is 14.3 Å². The number of hydrogen-bond acceptors (Lipinski definition) is 7. The zero-order chi connectivity index (χ0) is 26.0. The van der Waals surface area contributed by atoms with Crippen LogP contribution in [0.3, 0.4) is 0 Å². The van der Waals surface area contributed by atoms with Gasteiger partial charge in [0.25, 0.3) is 5.91 Å². The van der Waals surface area contributed by atoms with Crippen molar-refractivity contribution in [3.8, 4) is 16.9 Å². The monoisotopic (exact) mass is 500 g/mol. The van der Waals surface area contributed by atoms with Gasteiger partial charge in [0.15, 0.2) is 0 Å². The molecule has 2 aromatic carbocycles. The Balaban J connectivity index is 1.26. The molecule has 0 atom stereocenters. The molecule has 11 heteroatoms. The van der Waals surface area contributed by atoms with Crippen molar-refractivity contribution >= 4 is 29.5 Å². The number of methoxy groups -OCH3 is 1. The number of piperidine rings is 1. The molecule has 0 aliphatic carbocycles. The second-order valence-electron chi connectivity index (χ2n) is 9.27. The second kappa shape index (κ2) is 9.84.